The van der Waals surface area contributed by atoms with Crippen molar-refractivity contribution in [3.8, 4) is 0 Å². The molecule has 0 aliphatic rings. The van der Waals surface area contributed by atoms with E-state index in [0.29, 0.717) is 29.1 Å². The van der Waals surface area contributed by atoms with E-state index in [2.05, 4.69) is 5.32 Å². The van der Waals surface area contributed by atoms with Crippen molar-refractivity contribution >= 4 is 29.1 Å². The van der Waals surface area contributed by atoms with Crippen LogP contribution in [-0.4, -0.2) is 19.0 Å². The van der Waals surface area contributed by atoms with Crippen molar-refractivity contribution in [2.75, 3.05) is 13.1 Å². The van der Waals surface area contributed by atoms with Crippen molar-refractivity contribution in [3.63, 3.8) is 0 Å². The standard InChI is InChI=1S/C18H18Cl2F2N2O/c1-11(13-8-17(22)15(20)9-14(13)19)24-10-18(25)23-7-6-12-4-2-3-5-16(12)21/h2-5,8-9,11,24H,6-7,10H2,1H3,(H,23,25)/p+1/t11-/m1/s1. The zero-order valence-electron chi connectivity index (χ0n) is 13.7. The number of carbonyl (C=O) groups is 1. The van der Waals surface area contributed by atoms with Crippen LogP contribution in [0.25, 0.3) is 0 Å². The Morgan fingerprint density at radius 1 is 1.16 bits per heavy atom. The first kappa shape index (κ1) is 19.6. The summed E-state index contributed by atoms with van der Waals surface area (Å²) in [5.74, 6) is -1.01. The highest BCUT2D eigenvalue weighted by molar-refractivity contribution is 6.35. The lowest BCUT2D eigenvalue weighted by molar-refractivity contribution is -0.682. The van der Waals surface area contributed by atoms with Gasteiger partial charge in [0, 0.05) is 12.1 Å². The maximum Gasteiger partial charge on any atom is 0.275 e. The van der Waals surface area contributed by atoms with E-state index in [-0.39, 0.29) is 29.3 Å². The van der Waals surface area contributed by atoms with E-state index < -0.39 is 5.82 Å². The number of carbonyl (C=O) groups excluding carboxylic acids is 1. The van der Waals surface area contributed by atoms with Gasteiger partial charge in [0.05, 0.1) is 10.0 Å². The van der Waals surface area contributed by atoms with Crippen LogP contribution in [0, 0.1) is 11.6 Å². The van der Waals surface area contributed by atoms with E-state index in [4.69, 9.17) is 23.2 Å². The van der Waals surface area contributed by atoms with Crippen LogP contribution in [0.2, 0.25) is 10.0 Å². The molecule has 2 aromatic carbocycles. The molecule has 0 unspecified atom stereocenters. The minimum absolute atomic E-state index is 0.0353. The summed E-state index contributed by atoms with van der Waals surface area (Å²) in [5.41, 5.74) is 1.13. The Morgan fingerprint density at radius 3 is 2.60 bits per heavy atom. The van der Waals surface area contributed by atoms with Crippen LogP contribution in [0.15, 0.2) is 36.4 Å². The Kier molecular flexibility index (Phi) is 7.17. The molecule has 0 fully saturated rings. The van der Waals surface area contributed by atoms with E-state index in [1.807, 2.05) is 6.92 Å². The van der Waals surface area contributed by atoms with Crippen molar-refractivity contribution in [1.82, 2.24) is 5.32 Å². The van der Waals surface area contributed by atoms with Crippen LogP contribution < -0.4 is 10.6 Å². The van der Waals surface area contributed by atoms with E-state index in [1.165, 1.54) is 18.2 Å². The third kappa shape index (κ3) is 5.66. The average molecular weight is 388 g/mol. The van der Waals surface area contributed by atoms with Crippen LogP contribution in [0.3, 0.4) is 0 Å². The predicted octanol–water partition coefficient (Wildman–Crippen LogP) is 3.25. The largest absolute Gasteiger partial charge is 0.351 e. The second-order valence-electron chi connectivity index (χ2n) is 5.71. The SMILES string of the molecule is C[C@@H]([NH2+]CC(=O)NCCc1ccccc1F)c1cc(F)c(Cl)cc1Cl. The third-order valence-corrected chi connectivity index (χ3v) is 4.48. The summed E-state index contributed by atoms with van der Waals surface area (Å²) < 4.78 is 27.0. The molecule has 0 heterocycles. The second kappa shape index (κ2) is 9.13. The molecule has 0 aliphatic carbocycles. The summed E-state index contributed by atoms with van der Waals surface area (Å²) in [7, 11) is 0. The topological polar surface area (TPSA) is 45.7 Å². The molecule has 2 aromatic rings. The fraction of sp³-hybridized carbons (Fsp3) is 0.278. The predicted molar refractivity (Wildman–Crippen MR) is 94.7 cm³/mol. The first-order chi connectivity index (χ1) is 11.9. The van der Waals surface area contributed by atoms with Gasteiger partial charge in [0.15, 0.2) is 6.54 Å². The molecule has 0 aromatic heterocycles. The van der Waals surface area contributed by atoms with Crippen molar-refractivity contribution in [3.05, 3.63) is 69.2 Å². The summed E-state index contributed by atoms with van der Waals surface area (Å²) in [4.78, 5) is 11.9. The van der Waals surface area contributed by atoms with Gasteiger partial charge in [0.25, 0.3) is 5.91 Å². The van der Waals surface area contributed by atoms with E-state index in [9.17, 15) is 13.6 Å². The minimum atomic E-state index is -0.546. The van der Waals surface area contributed by atoms with Crippen LogP contribution in [0.5, 0.6) is 0 Å². The van der Waals surface area contributed by atoms with Crippen molar-refractivity contribution in [2.24, 2.45) is 0 Å². The Labute approximate surface area is 155 Å². The number of nitrogens with one attached hydrogen (secondary N) is 1. The molecule has 1 amide bonds. The Bertz CT molecular complexity index is 756. The lowest BCUT2D eigenvalue weighted by Gasteiger charge is -2.13. The summed E-state index contributed by atoms with van der Waals surface area (Å²) in [6.07, 6.45) is 0.419. The molecule has 0 bridgehead atoms. The highest BCUT2D eigenvalue weighted by Gasteiger charge is 2.17. The number of nitrogens with two attached hydrogens (primary N) is 1. The molecule has 0 aliphatic heterocycles. The number of halogens is 4. The van der Waals surface area contributed by atoms with Gasteiger partial charge in [-0.25, -0.2) is 8.78 Å². The molecule has 2 rings (SSSR count). The summed E-state index contributed by atoms with van der Waals surface area (Å²) in [6.45, 7) is 2.32. The molecule has 0 radical (unpaired) electrons. The molecule has 3 nitrogen and oxygen atoms in total. The van der Waals surface area contributed by atoms with Crippen LogP contribution >= 0.6 is 23.2 Å². The quantitative estimate of drug-likeness (QED) is 0.703. The van der Waals surface area contributed by atoms with Gasteiger partial charge in [-0.1, -0.05) is 41.4 Å². The molecule has 0 saturated heterocycles. The summed E-state index contributed by atoms with van der Waals surface area (Å²) in [5, 5.41) is 4.80. The molecule has 7 heteroatoms. The van der Waals surface area contributed by atoms with E-state index >= 15 is 0 Å². The monoisotopic (exact) mass is 387 g/mol. The van der Waals surface area contributed by atoms with Crippen molar-refractivity contribution < 1.29 is 18.9 Å². The average Bonchev–Trinajstić information content (AvgIpc) is 2.57. The maximum atomic E-state index is 13.6. The highest BCUT2D eigenvalue weighted by Crippen LogP contribution is 2.27. The molecule has 25 heavy (non-hydrogen) atoms. The molecular formula is C18H19Cl2F2N2O+. The summed E-state index contributed by atoms with van der Waals surface area (Å²) >= 11 is 11.7. The Morgan fingerprint density at radius 2 is 1.88 bits per heavy atom. The fourth-order valence-corrected chi connectivity index (χ4v) is 2.96. The van der Waals surface area contributed by atoms with Gasteiger partial charge in [-0.3, -0.25) is 4.79 Å². The second-order valence-corrected chi connectivity index (χ2v) is 6.52. The number of benzene rings is 2. The van der Waals surface area contributed by atoms with Crippen LogP contribution in [0.1, 0.15) is 24.1 Å². The first-order valence-corrected chi connectivity index (χ1v) is 8.62. The zero-order valence-corrected chi connectivity index (χ0v) is 15.2. The highest BCUT2D eigenvalue weighted by atomic mass is 35.5. The van der Waals surface area contributed by atoms with Gasteiger partial charge in [-0.2, -0.15) is 0 Å². The number of hydrogen-bond acceptors (Lipinski definition) is 1. The number of amides is 1. The number of rotatable bonds is 7. The molecular weight excluding hydrogens is 369 g/mol. The minimum Gasteiger partial charge on any atom is -0.351 e. The summed E-state index contributed by atoms with van der Waals surface area (Å²) in [6, 6.07) is 8.88. The molecule has 0 saturated carbocycles. The molecule has 0 spiro atoms. The van der Waals surface area contributed by atoms with Gasteiger partial charge < -0.3 is 10.6 Å². The van der Waals surface area contributed by atoms with Gasteiger partial charge in [0.1, 0.15) is 17.7 Å². The van der Waals surface area contributed by atoms with Crippen LogP contribution in [-0.2, 0) is 11.2 Å². The van der Waals surface area contributed by atoms with Gasteiger partial charge in [0.2, 0.25) is 0 Å². The zero-order chi connectivity index (χ0) is 18.4. The van der Waals surface area contributed by atoms with Gasteiger partial charge in [-0.15, -0.1) is 0 Å². The molecule has 3 N–H and O–H groups in total. The molecule has 134 valence electrons. The Hall–Kier alpha value is -1.69. The van der Waals surface area contributed by atoms with Gasteiger partial charge in [-0.05, 0) is 37.1 Å². The Balaban J connectivity index is 1.80. The maximum absolute atomic E-state index is 13.6. The van der Waals surface area contributed by atoms with Crippen molar-refractivity contribution in [1.29, 1.82) is 0 Å². The third-order valence-electron chi connectivity index (χ3n) is 3.86. The van der Waals surface area contributed by atoms with Crippen LogP contribution in [0.4, 0.5) is 8.78 Å². The molecule has 1 atom stereocenters. The lowest BCUT2D eigenvalue weighted by Crippen LogP contribution is -2.87. The first-order valence-electron chi connectivity index (χ1n) is 7.86. The van der Waals surface area contributed by atoms with E-state index in [1.54, 1.807) is 23.5 Å². The normalized spacial score (nSPS) is 12.0. The number of quaternary nitrogens is 1. The lowest BCUT2D eigenvalue weighted by atomic mass is 10.1. The fourth-order valence-electron chi connectivity index (χ4n) is 2.41. The van der Waals surface area contributed by atoms with Crippen molar-refractivity contribution in [2.45, 2.75) is 19.4 Å². The van der Waals surface area contributed by atoms with Gasteiger partial charge >= 0.3 is 0 Å². The number of hydrogen-bond donors (Lipinski definition) is 2. The smallest absolute Gasteiger partial charge is 0.275 e. The van der Waals surface area contributed by atoms with E-state index in [0.717, 1.165) is 0 Å².